The van der Waals surface area contributed by atoms with Gasteiger partial charge in [0.1, 0.15) is 5.82 Å². The third-order valence-corrected chi connectivity index (χ3v) is 6.55. The van der Waals surface area contributed by atoms with Crippen molar-refractivity contribution in [2.75, 3.05) is 13.6 Å². The van der Waals surface area contributed by atoms with Gasteiger partial charge in [-0.1, -0.05) is 18.6 Å². The van der Waals surface area contributed by atoms with Crippen LogP contribution < -0.4 is 0 Å². The summed E-state index contributed by atoms with van der Waals surface area (Å²) in [6, 6.07) is 9.16. The van der Waals surface area contributed by atoms with Gasteiger partial charge in [0.2, 0.25) is 0 Å². The number of carbonyl (C=O) groups excluding carboxylic acids is 1. The zero-order valence-corrected chi connectivity index (χ0v) is 17.1. The van der Waals surface area contributed by atoms with Gasteiger partial charge in [0.15, 0.2) is 5.78 Å². The highest BCUT2D eigenvalue weighted by Gasteiger charge is 2.23. The quantitative estimate of drug-likeness (QED) is 0.640. The van der Waals surface area contributed by atoms with E-state index >= 15 is 0 Å². The Balaban J connectivity index is 1.36. The lowest BCUT2D eigenvalue weighted by molar-refractivity contribution is -0.120. The minimum atomic E-state index is 0.243. The Labute approximate surface area is 171 Å². The van der Waals surface area contributed by atoms with Gasteiger partial charge in [0.25, 0.3) is 0 Å². The molecule has 1 fully saturated rings. The molecule has 0 radical (unpaired) electrons. The molecule has 2 aromatic heterocycles. The van der Waals surface area contributed by atoms with Crippen LogP contribution >= 0.6 is 0 Å². The number of aromatic nitrogens is 3. The van der Waals surface area contributed by atoms with Crippen LogP contribution in [0.5, 0.6) is 0 Å². The summed E-state index contributed by atoms with van der Waals surface area (Å²) in [7, 11) is 2.06. The number of rotatable bonds is 6. The lowest BCUT2D eigenvalue weighted by Gasteiger charge is -2.34. The molecule has 2 aliphatic rings. The molecule has 0 unspecified atom stereocenters. The molecule has 0 saturated heterocycles. The first-order valence-corrected chi connectivity index (χ1v) is 10.8. The summed E-state index contributed by atoms with van der Waals surface area (Å²) in [6.45, 7) is 1.57. The molecular formula is C24H28N4O. The van der Waals surface area contributed by atoms with Gasteiger partial charge in [-0.15, -0.1) is 0 Å². The van der Waals surface area contributed by atoms with Gasteiger partial charge in [-0.25, -0.2) is 4.98 Å². The molecule has 0 bridgehead atoms. The van der Waals surface area contributed by atoms with E-state index in [0.717, 1.165) is 29.4 Å². The third kappa shape index (κ3) is 3.71. The number of imidazole rings is 1. The normalized spacial score (nSPS) is 16.8. The van der Waals surface area contributed by atoms with Crippen molar-refractivity contribution in [1.29, 1.82) is 0 Å². The van der Waals surface area contributed by atoms with E-state index in [0.29, 0.717) is 19.0 Å². The van der Waals surface area contributed by atoms with Crippen LogP contribution in [-0.4, -0.2) is 44.9 Å². The Bertz CT molecular complexity index is 1050. The van der Waals surface area contributed by atoms with Gasteiger partial charge in [0, 0.05) is 41.8 Å². The number of likely N-dealkylation sites (N-methyl/N-ethyl adjacent to an activating group) is 1. The number of fused-ring (bicyclic) bond motifs is 2. The van der Waals surface area contributed by atoms with Gasteiger partial charge in [-0.05, 0) is 50.2 Å². The number of ketones is 1. The van der Waals surface area contributed by atoms with Crippen LogP contribution in [0.3, 0.4) is 0 Å². The van der Waals surface area contributed by atoms with E-state index in [1.54, 1.807) is 0 Å². The number of pyridine rings is 1. The summed E-state index contributed by atoms with van der Waals surface area (Å²) in [5.41, 5.74) is 3.24. The Kier molecular flexibility index (Phi) is 4.92. The maximum atomic E-state index is 12.5. The number of benzene rings is 1. The fourth-order valence-corrected chi connectivity index (χ4v) is 4.58. The molecule has 5 rings (SSSR count). The molecule has 0 N–H and O–H groups in total. The molecule has 0 atom stereocenters. The molecule has 0 amide bonds. The minimum absolute atomic E-state index is 0.243. The van der Waals surface area contributed by atoms with Crippen LogP contribution in [0.25, 0.3) is 22.0 Å². The van der Waals surface area contributed by atoms with E-state index in [9.17, 15) is 4.79 Å². The number of carbonyl (C=O) groups is 1. The van der Waals surface area contributed by atoms with Crippen molar-refractivity contribution in [3.05, 3.63) is 48.2 Å². The largest absolute Gasteiger partial charge is 0.328 e. The lowest BCUT2D eigenvalue weighted by Crippen LogP contribution is -2.40. The molecular weight excluding hydrogens is 360 g/mol. The van der Waals surface area contributed by atoms with Crippen LogP contribution in [-0.2, 0) is 24.2 Å². The first kappa shape index (κ1) is 18.5. The van der Waals surface area contributed by atoms with E-state index in [2.05, 4.69) is 50.7 Å². The van der Waals surface area contributed by atoms with Crippen molar-refractivity contribution in [3.63, 3.8) is 0 Å². The molecule has 0 spiro atoms. The summed E-state index contributed by atoms with van der Waals surface area (Å²) >= 11 is 0. The van der Waals surface area contributed by atoms with Crippen molar-refractivity contribution < 1.29 is 4.79 Å². The van der Waals surface area contributed by atoms with Crippen LogP contribution in [0, 0.1) is 0 Å². The molecule has 3 aromatic rings. The smallest absolute Gasteiger partial charge is 0.152 e. The van der Waals surface area contributed by atoms with Gasteiger partial charge in [0.05, 0.1) is 24.9 Å². The average Bonchev–Trinajstić information content (AvgIpc) is 3.10. The Hall–Kier alpha value is -2.53. The Morgan fingerprint density at radius 2 is 2.00 bits per heavy atom. The first-order chi connectivity index (χ1) is 14.2. The highest BCUT2D eigenvalue weighted by atomic mass is 16.1. The van der Waals surface area contributed by atoms with E-state index in [-0.39, 0.29) is 5.78 Å². The van der Waals surface area contributed by atoms with Crippen molar-refractivity contribution in [2.24, 2.45) is 0 Å². The van der Waals surface area contributed by atoms with E-state index in [4.69, 9.17) is 0 Å². The summed E-state index contributed by atoms with van der Waals surface area (Å²) in [6.07, 6.45) is 11.5. The molecule has 29 heavy (non-hydrogen) atoms. The second kappa shape index (κ2) is 7.71. The zero-order valence-electron chi connectivity index (χ0n) is 17.1. The predicted molar refractivity (Wildman–Crippen MR) is 115 cm³/mol. The lowest BCUT2D eigenvalue weighted by atomic mass is 9.91. The van der Waals surface area contributed by atoms with E-state index < -0.39 is 0 Å². The second-order valence-corrected chi connectivity index (χ2v) is 8.62. The van der Waals surface area contributed by atoms with Gasteiger partial charge < -0.3 is 4.57 Å². The molecule has 1 aliphatic heterocycles. The Morgan fingerprint density at radius 3 is 2.83 bits per heavy atom. The van der Waals surface area contributed by atoms with E-state index in [1.807, 2.05) is 12.4 Å². The van der Waals surface area contributed by atoms with Gasteiger partial charge in [-0.3, -0.25) is 14.7 Å². The van der Waals surface area contributed by atoms with Gasteiger partial charge >= 0.3 is 0 Å². The number of nitrogens with zero attached hydrogens (tertiary/aromatic N) is 4. The predicted octanol–water partition coefficient (Wildman–Crippen LogP) is 4.03. The monoisotopic (exact) mass is 388 g/mol. The maximum Gasteiger partial charge on any atom is 0.152 e. The van der Waals surface area contributed by atoms with Crippen LogP contribution in [0.4, 0.5) is 0 Å². The summed E-state index contributed by atoms with van der Waals surface area (Å²) in [5.74, 6) is 1.44. The van der Waals surface area contributed by atoms with E-state index in [1.165, 1.54) is 49.2 Å². The SMILES string of the molecule is CN(CC(=O)Cc1cc2cc(-c3cnc4n3CCCC4)ccc2cn1)C1CCC1. The zero-order chi connectivity index (χ0) is 19.8. The highest BCUT2D eigenvalue weighted by molar-refractivity contribution is 5.88. The molecule has 5 heteroatoms. The number of aryl methyl sites for hydroxylation is 1. The standard InChI is InChI=1S/C24H28N4O/c1-27(21-5-4-6-21)16-22(29)13-20-12-19-11-17(8-9-18(19)14-25-20)23-15-26-24-7-2-3-10-28(23)24/h8-9,11-12,14-15,21H,2-7,10,13,16H2,1H3. The fraction of sp³-hybridized carbons (Fsp3) is 0.458. The summed E-state index contributed by atoms with van der Waals surface area (Å²) in [5, 5.41) is 2.24. The van der Waals surface area contributed by atoms with Crippen molar-refractivity contribution in [1.82, 2.24) is 19.4 Å². The Morgan fingerprint density at radius 1 is 1.10 bits per heavy atom. The third-order valence-electron chi connectivity index (χ3n) is 6.55. The maximum absolute atomic E-state index is 12.5. The average molecular weight is 389 g/mol. The molecule has 1 saturated carbocycles. The number of hydrogen-bond acceptors (Lipinski definition) is 4. The molecule has 3 heterocycles. The number of hydrogen-bond donors (Lipinski definition) is 0. The summed E-state index contributed by atoms with van der Waals surface area (Å²) < 4.78 is 2.35. The van der Waals surface area contributed by atoms with Crippen LogP contribution in [0.1, 0.15) is 43.6 Å². The molecule has 1 aliphatic carbocycles. The summed E-state index contributed by atoms with van der Waals surface area (Å²) in [4.78, 5) is 23.9. The van der Waals surface area contributed by atoms with Crippen molar-refractivity contribution >= 4 is 16.6 Å². The second-order valence-electron chi connectivity index (χ2n) is 8.62. The topological polar surface area (TPSA) is 51.0 Å². The van der Waals surface area contributed by atoms with Crippen molar-refractivity contribution in [3.8, 4) is 11.3 Å². The molecule has 150 valence electrons. The first-order valence-electron chi connectivity index (χ1n) is 10.8. The molecule has 5 nitrogen and oxygen atoms in total. The van der Waals surface area contributed by atoms with Crippen LogP contribution in [0.2, 0.25) is 0 Å². The number of Topliss-reactive ketones (excluding diaryl/α,β-unsaturated/α-hetero) is 1. The highest BCUT2D eigenvalue weighted by Crippen LogP contribution is 2.28. The minimum Gasteiger partial charge on any atom is -0.328 e. The van der Waals surface area contributed by atoms with Crippen molar-refractivity contribution in [2.45, 2.75) is 57.5 Å². The van der Waals surface area contributed by atoms with Crippen LogP contribution in [0.15, 0.2) is 36.7 Å². The fourth-order valence-electron chi connectivity index (χ4n) is 4.58. The molecule has 1 aromatic carbocycles. The van der Waals surface area contributed by atoms with Gasteiger partial charge in [-0.2, -0.15) is 0 Å².